The molecule has 4 nitrogen and oxygen atoms in total. The normalized spacial score (nSPS) is 14.9. The average Bonchev–Trinajstić information content (AvgIpc) is 2.90. The summed E-state index contributed by atoms with van der Waals surface area (Å²) >= 11 is 0. The molecule has 1 heterocycles. The Kier molecular flexibility index (Phi) is 2.96. The van der Waals surface area contributed by atoms with Crippen LogP contribution in [-0.2, 0) is 11.5 Å². The monoisotopic (exact) mass is 304 g/mol. The standard InChI is InChI=1S/C19H16N2O2/c1-20(2)11-21-6-5-16-17-9-13-8-15(22)4-3-12(13)7-14(17)10-18(23)19(16)21/h3-10H,11H2,1-2H3. The van der Waals surface area contributed by atoms with Gasteiger partial charge in [0.05, 0.1) is 12.4 Å². The van der Waals surface area contributed by atoms with E-state index in [1.54, 1.807) is 18.2 Å². The molecule has 4 rings (SSSR count). The van der Waals surface area contributed by atoms with Gasteiger partial charge in [0.15, 0.2) is 5.78 Å². The third kappa shape index (κ3) is 2.19. The predicted octanol–water partition coefficient (Wildman–Crippen LogP) is 1.03. The molecule has 23 heavy (non-hydrogen) atoms. The van der Waals surface area contributed by atoms with E-state index in [0.717, 1.165) is 27.1 Å². The summed E-state index contributed by atoms with van der Waals surface area (Å²) in [6, 6.07) is 5.97. The van der Waals surface area contributed by atoms with Crippen molar-refractivity contribution in [3.05, 3.63) is 52.2 Å². The van der Waals surface area contributed by atoms with Crippen LogP contribution < -0.4 is 10.4 Å². The van der Waals surface area contributed by atoms with Crippen molar-refractivity contribution in [3.63, 3.8) is 0 Å². The lowest BCUT2D eigenvalue weighted by atomic mass is 9.92. The average molecular weight is 304 g/mol. The summed E-state index contributed by atoms with van der Waals surface area (Å²) in [6.45, 7) is 0.655. The first kappa shape index (κ1) is 13.9. The van der Waals surface area contributed by atoms with E-state index in [1.807, 2.05) is 54.0 Å². The number of benzene rings is 1. The Hall–Kier alpha value is -2.72. The summed E-state index contributed by atoms with van der Waals surface area (Å²) in [4.78, 5) is 26.2. The van der Waals surface area contributed by atoms with Crippen LogP contribution in [0, 0.1) is 0 Å². The fourth-order valence-corrected chi connectivity index (χ4v) is 3.24. The van der Waals surface area contributed by atoms with Crippen molar-refractivity contribution >= 4 is 29.8 Å². The number of hydrogen-bond donors (Lipinski definition) is 0. The second-order valence-electron chi connectivity index (χ2n) is 6.23. The van der Waals surface area contributed by atoms with E-state index in [9.17, 15) is 9.59 Å². The van der Waals surface area contributed by atoms with Crippen LogP contribution in [0.5, 0.6) is 0 Å². The number of nitrogens with zero attached hydrogens (tertiary/aromatic N) is 2. The summed E-state index contributed by atoms with van der Waals surface area (Å²) in [5.74, 6) is 0.0258. The molecule has 0 amide bonds. The van der Waals surface area contributed by atoms with Gasteiger partial charge in [0.25, 0.3) is 0 Å². The van der Waals surface area contributed by atoms with Gasteiger partial charge >= 0.3 is 0 Å². The second-order valence-corrected chi connectivity index (χ2v) is 6.23. The maximum atomic E-state index is 12.6. The molecule has 2 aromatic rings. The van der Waals surface area contributed by atoms with Crippen molar-refractivity contribution in [2.24, 2.45) is 0 Å². The molecular weight excluding hydrogens is 288 g/mol. The summed E-state index contributed by atoms with van der Waals surface area (Å²) in [5.41, 5.74) is 3.63. The number of fused-ring (bicyclic) bond motifs is 4. The summed E-state index contributed by atoms with van der Waals surface area (Å²) in [6.07, 6.45) is 8.64. The first-order valence-corrected chi connectivity index (χ1v) is 7.51. The fourth-order valence-electron chi connectivity index (χ4n) is 3.24. The first-order chi connectivity index (χ1) is 11.0. The SMILES string of the molecule is CN(C)Cn1ccc2c1C(=O)C=c1cc3c(cc1-2)=CC(=O)C=C3. The maximum Gasteiger partial charge on any atom is 0.203 e. The molecule has 0 spiro atoms. The first-order valence-electron chi connectivity index (χ1n) is 7.51. The third-order valence-corrected chi connectivity index (χ3v) is 4.19. The molecule has 0 atom stereocenters. The van der Waals surface area contributed by atoms with Crippen molar-refractivity contribution < 1.29 is 9.59 Å². The zero-order chi connectivity index (χ0) is 16.1. The number of ketones is 2. The fraction of sp³-hybridized carbons (Fsp3) is 0.158. The smallest absolute Gasteiger partial charge is 0.203 e. The minimum absolute atomic E-state index is 0.00119. The molecule has 0 bridgehead atoms. The number of carbonyl (C=O) groups is 2. The van der Waals surface area contributed by atoms with Gasteiger partial charge in [-0.2, -0.15) is 0 Å². The van der Waals surface area contributed by atoms with Gasteiger partial charge in [-0.05, 0) is 72.1 Å². The van der Waals surface area contributed by atoms with Crippen LogP contribution in [-0.4, -0.2) is 35.1 Å². The van der Waals surface area contributed by atoms with Crippen LogP contribution in [0.1, 0.15) is 16.1 Å². The van der Waals surface area contributed by atoms with Gasteiger partial charge in [-0.3, -0.25) is 14.5 Å². The minimum atomic E-state index is -0.00119. The third-order valence-electron chi connectivity index (χ3n) is 4.19. The van der Waals surface area contributed by atoms with E-state index >= 15 is 0 Å². The second kappa shape index (κ2) is 4.89. The van der Waals surface area contributed by atoms with Crippen molar-refractivity contribution in [3.8, 4) is 11.1 Å². The minimum Gasteiger partial charge on any atom is -0.331 e. The largest absolute Gasteiger partial charge is 0.331 e. The van der Waals surface area contributed by atoms with Crippen LogP contribution in [0.4, 0.5) is 0 Å². The maximum absolute atomic E-state index is 12.6. The van der Waals surface area contributed by atoms with E-state index in [0.29, 0.717) is 12.4 Å². The van der Waals surface area contributed by atoms with Gasteiger partial charge in [0.1, 0.15) is 0 Å². The molecule has 114 valence electrons. The summed E-state index contributed by atoms with van der Waals surface area (Å²) < 4.78 is 1.96. The Balaban J connectivity index is 1.97. The summed E-state index contributed by atoms with van der Waals surface area (Å²) in [5, 5.41) is 1.82. The Labute approximate surface area is 133 Å². The van der Waals surface area contributed by atoms with Crippen molar-refractivity contribution in [1.29, 1.82) is 0 Å². The lowest BCUT2D eigenvalue weighted by Crippen LogP contribution is -2.25. The highest BCUT2D eigenvalue weighted by Gasteiger charge is 2.22. The lowest BCUT2D eigenvalue weighted by molar-refractivity contribution is -0.109. The number of Topliss-reactive ketones (excluding diaryl/α,β-unsaturated/α-hetero) is 1. The zero-order valence-corrected chi connectivity index (χ0v) is 13.0. The van der Waals surface area contributed by atoms with Crippen molar-refractivity contribution in [2.75, 3.05) is 14.1 Å². The number of allylic oxidation sites excluding steroid dienone is 1. The molecule has 0 aliphatic heterocycles. The quantitative estimate of drug-likeness (QED) is 0.832. The molecule has 0 radical (unpaired) electrons. The molecule has 0 fully saturated rings. The molecule has 0 saturated carbocycles. The Morgan fingerprint density at radius 2 is 1.83 bits per heavy atom. The van der Waals surface area contributed by atoms with Crippen LogP contribution in [0.2, 0.25) is 0 Å². The van der Waals surface area contributed by atoms with E-state index in [1.165, 1.54) is 0 Å². The van der Waals surface area contributed by atoms with Gasteiger partial charge in [-0.25, -0.2) is 0 Å². The molecule has 2 aliphatic carbocycles. The van der Waals surface area contributed by atoms with E-state index in [4.69, 9.17) is 0 Å². The van der Waals surface area contributed by atoms with Gasteiger partial charge in [0.2, 0.25) is 5.78 Å². The van der Waals surface area contributed by atoms with E-state index in [-0.39, 0.29) is 11.6 Å². The molecular formula is C19H16N2O2. The highest BCUT2D eigenvalue weighted by Crippen LogP contribution is 2.26. The highest BCUT2D eigenvalue weighted by atomic mass is 16.1. The summed E-state index contributed by atoms with van der Waals surface area (Å²) in [7, 11) is 3.95. The molecule has 1 aromatic carbocycles. The van der Waals surface area contributed by atoms with Gasteiger partial charge in [-0.15, -0.1) is 0 Å². The van der Waals surface area contributed by atoms with Gasteiger partial charge in [0, 0.05) is 11.8 Å². The van der Waals surface area contributed by atoms with Crippen molar-refractivity contribution in [2.45, 2.75) is 6.67 Å². The predicted molar refractivity (Wildman–Crippen MR) is 90.1 cm³/mol. The number of hydrogen-bond acceptors (Lipinski definition) is 3. The number of carbonyl (C=O) groups excluding carboxylic acids is 2. The number of aromatic nitrogens is 1. The van der Waals surface area contributed by atoms with Crippen LogP contribution >= 0.6 is 0 Å². The molecule has 1 aromatic heterocycles. The van der Waals surface area contributed by atoms with Gasteiger partial charge in [-0.1, -0.05) is 6.08 Å². The lowest BCUT2D eigenvalue weighted by Gasteiger charge is -2.17. The topological polar surface area (TPSA) is 42.3 Å². The Bertz CT molecular complexity index is 1010. The van der Waals surface area contributed by atoms with Crippen LogP contribution in [0.15, 0.2) is 30.5 Å². The molecule has 0 saturated heterocycles. The molecule has 2 aliphatic rings. The molecule has 4 heteroatoms. The Morgan fingerprint density at radius 1 is 1.00 bits per heavy atom. The molecule has 0 N–H and O–H groups in total. The highest BCUT2D eigenvalue weighted by molar-refractivity contribution is 6.22. The van der Waals surface area contributed by atoms with E-state index < -0.39 is 0 Å². The van der Waals surface area contributed by atoms with Crippen molar-refractivity contribution in [1.82, 2.24) is 9.47 Å². The van der Waals surface area contributed by atoms with Crippen LogP contribution in [0.25, 0.3) is 29.4 Å². The van der Waals surface area contributed by atoms with Gasteiger partial charge < -0.3 is 4.57 Å². The Morgan fingerprint density at radius 3 is 2.61 bits per heavy atom. The zero-order valence-electron chi connectivity index (χ0n) is 13.0. The molecule has 0 unspecified atom stereocenters. The van der Waals surface area contributed by atoms with E-state index in [2.05, 4.69) is 0 Å². The number of rotatable bonds is 2. The van der Waals surface area contributed by atoms with Crippen LogP contribution in [0.3, 0.4) is 0 Å².